The zero-order valence-electron chi connectivity index (χ0n) is 12.5. The van der Waals surface area contributed by atoms with Crippen LogP contribution in [0.3, 0.4) is 0 Å². The van der Waals surface area contributed by atoms with E-state index in [-0.39, 0.29) is 15.3 Å². The van der Waals surface area contributed by atoms with Crippen molar-refractivity contribution in [3.8, 4) is 5.75 Å². The molecule has 0 unspecified atom stereocenters. The van der Waals surface area contributed by atoms with Crippen LogP contribution in [0.5, 0.6) is 5.75 Å². The minimum Gasteiger partial charge on any atom is -0.508 e. The number of aromatic amines is 4. The Labute approximate surface area is 149 Å². The van der Waals surface area contributed by atoms with Crippen LogP contribution in [0.1, 0.15) is 22.6 Å². The monoisotopic (exact) mass is 373 g/mol. The quantitative estimate of drug-likeness (QED) is 0.284. The Morgan fingerprint density at radius 1 is 0.800 bits per heavy atom. The largest absolute Gasteiger partial charge is 0.508 e. The number of phenols is 1. The molecule has 10 heteroatoms. The van der Waals surface area contributed by atoms with E-state index in [1.54, 1.807) is 12.1 Å². The fraction of sp³-hybridized carbons (Fsp3) is 0.0667. The maximum atomic E-state index is 12.5. The number of aromatic hydroxyl groups is 1. The summed E-state index contributed by atoms with van der Waals surface area (Å²) >= 11 is 10.0. The number of benzene rings is 1. The molecule has 0 spiro atoms. The number of H-pyrrole nitrogens is 4. The number of aromatic nitrogens is 4. The summed E-state index contributed by atoms with van der Waals surface area (Å²) in [7, 11) is 0. The van der Waals surface area contributed by atoms with Crippen LogP contribution >= 0.6 is 24.4 Å². The highest BCUT2D eigenvalue weighted by molar-refractivity contribution is 7.71. The zero-order chi connectivity index (χ0) is 17.7. The average Bonchev–Trinajstić information content (AvgIpc) is 2.53. The van der Waals surface area contributed by atoms with Gasteiger partial charge in [-0.3, -0.25) is 19.6 Å². The van der Waals surface area contributed by atoms with Gasteiger partial charge in [-0.2, -0.15) is 0 Å². The number of fused-ring (bicyclic) bond motifs is 2. The highest BCUT2D eigenvalue weighted by atomic mass is 32.1. The number of hydrogen-bond acceptors (Lipinski definition) is 6. The third-order valence-electron chi connectivity index (χ3n) is 4.01. The molecule has 0 saturated carbocycles. The number of nitrogens with one attached hydrogen (secondary N) is 5. The number of anilines is 2. The molecule has 0 radical (unpaired) electrons. The van der Waals surface area contributed by atoms with E-state index in [2.05, 4.69) is 25.3 Å². The number of hydrogen-bond donors (Lipinski definition) is 6. The summed E-state index contributed by atoms with van der Waals surface area (Å²) in [5, 5.41) is 12.5. The molecule has 0 atom stereocenters. The van der Waals surface area contributed by atoms with Crippen molar-refractivity contribution in [2.75, 3.05) is 5.32 Å². The van der Waals surface area contributed by atoms with Crippen LogP contribution in [0, 0.1) is 9.54 Å². The lowest BCUT2D eigenvalue weighted by atomic mass is 9.84. The lowest BCUT2D eigenvalue weighted by Crippen LogP contribution is -2.31. The molecule has 2 aromatic heterocycles. The van der Waals surface area contributed by atoms with Crippen LogP contribution < -0.4 is 16.4 Å². The van der Waals surface area contributed by atoms with Crippen molar-refractivity contribution < 1.29 is 5.11 Å². The van der Waals surface area contributed by atoms with Crippen LogP contribution in [-0.4, -0.2) is 25.0 Å². The Morgan fingerprint density at radius 3 is 1.76 bits per heavy atom. The van der Waals surface area contributed by atoms with Gasteiger partial charge < -0.3 is 20.4 Å². The van der Waals surface area contributed by atoms with E-state index < -0.39 is 17.0 Å². The van der Waals surface area contributed by atoms with E-state index in [4.69, 9.17) is 24.4 Å². The molecule has 4 rings (SSSR count). The maximum Gasteiger partial charge on any atom is 0.257 e. The highest BCUT2D eigenvalue weighted by Crippen LogP contribution is 2.39. The minimum atomic E-state index is -0.668. The second-order valence-corrected chi connectivity index (χ2v) is 6.36. The first kappa shape index (κ1) is 15.5. The van der Waals surface area contributed by atoms with Crippen molar-refractivity contribution in [1.82, 2.24) is 19.9 Å². The fourth-order valence-corrected chi connectivity index (χ4v) is 3.40. The van der Waals surface area contributed by atoms with Crippen molar-refractivity contribution >= 4 is 36.1 Å². The Morgan fingerprint density at radius 2 is 1.28 bits per heavy atom. The lowest BCUT2D eigenvalue weighted by molar-refractivity contribution is 0.475. The first-order chi connectivity index (χ1) is 11.9. The second-order valence-electron chi connectivity index (χ2n) is 5.54. The summed E-state index contributed by atoms with van der Waals surface area (Å²) in [6.45, 7) is 0. The van der Waals surface area contributed by atoms with Crippen LogP contribution in [-0.2, 0) is 0 Å². The molecule has 1 aromatic carbocycles. The molecular weight excluding hydrogens is 362 g/mol. The van der Waals surface area contributed by atoms with Gasteiger partial charge >= 0.3 is 0 Å². The molecule has 0 aliphatic carbocycles. The van der Waals surface area contributed by atoms with Gasteiger partial charge in [0.25, 0.3) is 11.1 Å². The molecule has 3 aromatic rings. The minimum absolute atomic E-state index is 0.0842. The molecular formula is C15H11N5O3S2. The summed E-state index contributed by atoms with van der Waals surface area (Å²) in [6, 6.07) is 6.30. The van der Waals surface area contributed by atoms with Gasteiger partial charge in [0.2, 0.25) is 0 Å². The molecule has 0 amide bonds. The summed E-state index contributed by atoms with van der Waals surface area (Å²) in [6.07, 6.45) is 0. The molecule has 1 aliphatic heterocycles. The van der Waals surface area contributed by atoms with E-state index in [0.717, 1.165) is 0 Å². The molecule has 126 valence electrons. The van der Waals surface area contributed by atoms with E-state index in [1.165, 1.54) is 12.1 Å². The molecule has 6 N–H and O–H groups in total. The Balaban J connectivity index is 2.11. The third-order valence-corrected chi connectivity index (χ3v) is 4.42. The third kappa shape index (κ3) is 2.51. The van der Waals surface area contributed by atoms with E-state index in [1.807, 2.05) is 0 Å². The van der Waals surface area contributed by atoms with Gasteiger partial charge in [0, 0.05) is 0 Å². The molecule has 0 fully saturated rings. The number of phenolic OH excluding ortho intramolecular Hbond substituents is 1. The van der Waals surface area contributed by atoms with Crippen molar-refractivity contribution in [3.05, 3.63) is 71.2 Å². The van der Waals surface area contributed by atoms with Gasteiger partial charge in [-0.05, 0) is 42.1 Å². The van der Waals surface area contributed by atoms with Crippen LogP contribution in [0.2, 0.25) is 0 Å². The average molecular weight is 373 g/mol. The normalized spacial score (nSPS) is 13.0. The van der Waals surface area contributed by atoms with Gasteiger partial charge in [-0.1, -0.05) is 12.1 Å². The fourth-order valence-electron chi connectivity index (χ4n) is 3.01. The van der Waals surface area contributed by atoms with Gasteiger partial charge in [-0.25, -0.2) is 0 Å². The zero-order valence-corrected chi connectivity index (χ0v) is 14.1. The van der Waals surface area contributed by atoms with Crippen molar-refractivity contribution in [2.24, 2.45) is 0 Å². The lowest BCUT2D eigenvalue weighted by Gasteiger charge is -2.27. The maximum absolute atomic E-state index is 12.5. The highest BCUT2D eigenvalue weighted by Gasteiger charge is 2.33. The van der Waals surface area contributed by atoms with Gasteiger partial charge in [0.15, 0.2) is 9.54 Å². The molecule has 0 saturated heterocycles. The van der Waals surface area contributed by atoms with Crippen LogP contribution in [0.25, 0.3) is 0 Å². The summed E-state index contributed by atoms with van der Waals surface area (Å²) in [4.78, 5) is 36.0. The molecule has 25 heavy (non-hydrogen) atoms. The topological polar surface area (TPSA) is 130 Å². The van der Waals surface area contributed by atoms with Crippen molar-refractivity contribution in [3.63, 3.8) is 0 Å². The summed E-state index contributed by atoms with van der Waals surface area (Å²) in [5.74, 6) is 0.185. The standard InChI is InChI=1S/C15H11N5O3S2/c21-6-3-1-5(2-4-6)7-8-10(17-14(24)19-12(8)22)16-11-9(7)13(23)20-15(25)18-11/h1-4,7,21H,(H5,16,17,18,19,20,22,23,24,25). The predicted molar refractivity (Wildman–Crippen MR) is 96.8 cm³/mol. The van der Waals surface area contributed by atoms with E-state index in [0.29, 0.717) is 28.3 Å². The summed E-state index contributed by atoms with van der Waals surface area (Å²) in [5.41, 5.74) is 0.494. The summed E-state index contributed by atoms with van der Waals surface area (Å²) < 4.78 is 0.320. The van der Waals surface area contributed by atoms with E-state index >= 15 is 0 Å². The van der Waals surface area contributed by atoms with Crippen molar-refractivity contribution in [2.45, 2.75) is 5.92 Å². The second kappa shape index (κ2) is 5.53. The first-order valence-electron chi connectivity index (χ1n) is 7.23. The van der Waals surface area contributed by atoms with Gasteiger partial charge in [-0.15, -0.1) is 0 Å². The van der Waals surface area contributed by atoms with Gasteiger partial charge in [0.1, 0.15) is 17.4 Å². The SMILES string of the molecule is O=c1[nH]c(=S)[nH]c2c1C(c1ccc(O)cc1)c1c([nH]c(=S)[nH]c1=O)N2. The van der Waals surface area contributed by atoms with Crippen molar-refractivity contribution in [1.29, 1.82) is 0 Å². The van der Waals surface area contributed by atoms with Gasteiger partial charge in [0.05, 0.1) is 17.0 Å². The molecule has 8 nitrogen and oxygen atoms in total. The number of rotatable bonds is 1. The van der Waals surface area contributed by atoms with Crippen LogP contribution in [0.4, 0.5) is 11.6 Å². The smallest absolute Gasteiger partial charge is 0.257 e. The van der Waals surface area contributed by atoms with Crippen LogP contribution in [0.15, 0.2) is 33.9 Å². The van der Waals surface area contributed by atoms with E-state index in [9.17, 15) is 14.7 Å². The Bertz CT molecular complexity index is 1150. The predicted octanol–water partition coefficient (Wildman–Crippen LogP) is 2.12. The first-order valence-corrected chi connectivity index (χ1v) is 8.04. The Kier molecular flexibility index (Phi) is 3.44. The molecule has 3 heterocycles. The molecule has 0 bridgehead atoms. The Hall–Kier alpha value is -2.98. The molecule has 1 aliphatic rings.